The normalized spacial score (nSPS) is 23.1. The predicted molar refractivity (Wildman–Crippen MR) is 63.4 cm³/mol. The van der Waals surface area contributed by atoms with Crippen molar-refractivity contribution in [3.8, 4) is 11.5 Å². The number of benzene rings is 1. The van der Waals surface area contributed by atoms with Crippen molar-refractivity contribution in [3.63, 3.8) is 0 Å². The van der Waals surface area contributed by atoms with Crippen LogP contribution in [0.3, 0.4) is 0 Å². The van der Waals surface area contributed by atoms with Gasteiger partial charge in [-0.15, -0.1) is 0 Å². The Morgan fingerprint density at radius 3 is 2.65 bits per heavy atom. The van der Waals surface area contributed by atoms with E-state index in [2.05, 4.69) is 0 Å². The lowest BCUT2D eigenvalue weighted by atomic mass is 9.82. The zero-order valence-electron chi connectivity index (χ0n) is 10.1. The van der Waals surface area contributed by atoms with Gasteiger partial charge in [-0.1, -0.05) is 0 Å². The van der Waals surface area contributed by atoms with Crippen molar-refractivity contribution in [1.29, 1.82) is 0 Å². The minimum absolute atomic E-state index is 0.0933. The first kappa shape index (κ1) is 12.2. The van der Waals surface area contributed by atoms with Gasteiger partial charge in [0.15, 0.2) is 0 Å². The van der Waals surface area contributed by atoms with Gasteiger partial charge >= 0.3 is 0 Å². The lowest BCUT2D eigenvalue weighted by Crippen LogP contribution is -2.22. The van der Waals surface area contributed by atoms with E-state index in [1.165, 1.54) is 0 Å². The molecule has 0 bridgehead atoms. The first-order valence-corrected chi connectivity index (χ1v) is 5.73. The van der Waals surface area contributed by atoms with Crippen LogP contribution in [-0.2, 0) is 6.42 Å². The molecule has 4 heteroatoms. The Hall–Kier alpha value is -1.26. The van der Waals surface area contributed by atoms with Crippen LogP contribution in [0.1, 0.15) is 23.7 Å². The average Bonchev–Trinajstić information content (AvgIpc) is 2.36. The van der Waals surface area contributed by atoms with Gasteiger partial charge < -0.3 is 19.7 Å². The minimum atomic E-state index is -0.572. The van der Waals surface area contributed by atoms with E-state index in [0.717, 1.165) is 17.5 Å². The summed E-state index contributed by atoms with van der Waals surface area (Å²) in [5, 5.41) is 19.3. The minimum Gasteiger partial charge on any atom is -0.497 e. The number of aliphatic hydroxyl groups is 2. The first-order chi connectivity index (χ1) is 8.19. The molecule has 0 aliphatic heterocycles. The van der Waals surface area contributed by atoms with E-state index in [0.29, 0.717) is 17.9 Å². The maximum atomic E-state index is 10.1. The van der Waals surface area contributed by atoms with Gasteiger partial charge in [0, 0.05) is 18.2 Å². The molecule has 0 saturated heterocycles. The van der Waals surface area contributed by atoms with E-state index < -0.39 is 6.10 Å². The molecule has 4 nitrogen and oxygen atoms in total. The van der Waals surface area contributed by atoms with Crippen LogP contribution in [-0.4, -0.2) is 31.0 Å². The molecule has 94 valence electrons. The number of fused-ring (bicyclic) bond motifs is 1. The Kier molecular flexibility index (Phi) is 3.54. The van der Waals surface area contributed by atoms with Crippen molar-refractivity contribution in [1.82, 2.24) is 0 Å². The third-order valence-corrected chi connectivity index (χ3v) is 3.31. The second kappa shape index (κ2) is 4.94. The lowest BCUT2D eigenvalue weighted by molar-refractivity contribution is 0.101. The molecule has 0 aromatic heterocycles. The molecule has 1 aromatic rings. The Morgan fingerprint density at radius 1 is 1.29 bits per heavy atom. The smallest absolute Gasteiger partial charge is 0.128 e. The highest BCUT2D eigenvalue weighted by Crippen LogP contribution is 2.41. The highest BCUT2D eigenvalue weighted by molar-refractivity contribution is 5.49. The van der Waals surface area contributed by atoms with Crippen LogP contribution < -0.4 is 9.47 Å². The predicted octanol–water partition coefficient (Wildman–Crippen LogP) is 1.29. The van der Waals surface area contributed by atoms with Crippen molar-refractivity contribution in [3.05, 3.63) is 23.3 Å². The van der Waals surface area contributed by atoms with Crippen LogP contribution in [0.25, 0.3) is 0 Å². The molecule has 17 heavy (non-hydrogen) atoms. The van der Waals surface area contributed by atoms with Gasteiger partial charge in [0.2, 0.25) is 0 Å². The molecule has 2 rings (SSSR count). The SMILES string of the molecule is COc1cc2c(c(OC)c1)C(O)CC(CO)C2. The Labute approximate surface area is 101 Å². The maximum Gasteiger partial charge on any atom is 0.128 e. The van der Waals surface area contributed by atoms with Crippen LogP contribution in [0.5, 0.6) is 11.5 Å². The van der Waals surface area contributed by atoms with Gasteiger partial charge in [-0.05, 0) is 30.4 Å². The summed E-state index contributed by atoms with van der Waals surface area (Å²) in [5.74, 6) is 1.48. The first-order valence-electron chi connectivity index (χ1n) is 5.73. The van der Waals surface area contributed by atoms with Crippen molar-refractivity contribution < 1.29 is 19.7 Å². The molecular weight excluding hydrogens is 220 g/mol. The number of hydrogen-bond acceptors (Lipinski definition) is 4. The van der Waals surface area contributed by atoms with Gasteiger partial charge in [0.25, 0.3) is 0 Å². The lowest BCUT2D eigenvalue weighted by Gasteiger charge is -2.29. The van der Waals surface area contributed by atoms with Gasteiger partial charge in [-0.3, -0.25) is 0 Å². The van der Waals surface area contributed by atoms with E-state index in [9.17, 15) is 10.2 Å². The van der Waals surface area contributed by atoms with Gasteiger partial charge in [-0.2, -0.15) is 0 Å². The Morgan fingerprint density at radius 2 is 2.06 bits per heavy atom. The molecule has 1 aromatic carbocycles. The quantitative estimate of drug-likeness (QED) is 0.833. The second-order valence-corrected chi connectivity index (χ2v) is 4.41. The molecule has 0 heterocycles. The molecule has 0 amide bonds. The number of ether oxygens (including phenoxy) is 2. The van der Waals surface area contributed by atoms with Crippen LogP contribution in [0.2, 0.25) is 0 Å². The van der Waals surface area contributed by atoms with Gasteiger partial charge in [0.05, 0.1) is 20.3 Å². The molecule has 0 saturated carbocycles. The molecule has 1 aliphatic carbocycles. The summed E-state index contributed by atoms with van der Waals surface area (Å²) in [7, 11) is 3.18. The third-order valence-electron chi connectivity index (χ3n) is 3.31. The fourth-order valence-corrected chi connectivity index (χ4v) is 2.46. The molecule has 0 fully saturated rings. The van der Waals surface area contributed by atoms with Gasteiger partial charge in [-0.25, -0.2) is 0 Å². The highest BCUT2D eigenvalue weighted by Gasteiger charge is 2.28. The summed E-state index contributed by atoms with van der Waals surface area (Å²) in [6.45, 7) is 0.0933. The van der Waals surface area contributed by atoms with E-state index in [1.807, 2.05) is 6.07 Å². The zero-order chi connectivity index (χ0) is 12.4. The Balaban J connectivity index is 2.46. The molecular formula is C13H18O4. The summed E-state index contributed by atoms with van der Waals surface area (Å²) in [6, 6.07) is 3.68. The van der Waals surface area contributed by atoms with Crippen LogP contribution >= 0.6 is 0 Å². The molecule has 2 unspecified atom stereocenters. The average molecular weight is 238 g/mol. The van der Waals surface area contributed by atoms with Crippen molar-refractivity contribution in [2.24, 2.45) is 5.92 Å². The fourth-order valence-electron chi connectivity index (χ4n) is 2.46. The molecule has 1 aliphatic rings. The molecule has 2 N–H and O–H groups in total. The van der Waals surface area contributed by atoms with Crippen LogP contribution in [0.4, 0.5) is 0 Å². The Bertz CT molecular complexity index is 403. The number of hydrogen-bond donors (Lipinski definition) is 2. The monoisotopic (exact) mass is 238 g/mol. The van der Waals surface area contributed by atoms with Gasteiger partial charge in [0.1, 0.15) is 11.5 Å². The number of rotatable bonds is 3. The summed E-state index contributed by atoms with van der Waals surface area (Å²) in [4.78, 5) is 0. The standard InChI is InChI=1S/C13H18O4/c1-16-10-5-9-3-8(7-14)4-11(15)13(9)12(6-10)17-2/h5-6,8,11,14-15H,3-4,7H2,1-2H3. The summed E-state index contributed by atoms with van der Waals surface area (Å²) in [6.07, 6.45) is 0.750. The van der Waals surface area contributed by atoms with Crippen LogP contribution in [0, 0.1) is 5.92 Å². The van der Waals surface area contributed by atoms with E-state index >= 15 is 0 Å². The molecule has 2 atom stereocenters. The van der Waals surface area contributed by atoms with Crippen molar-refractivity contribution >= 4 is 0 Å². The van der Waals surface area contributed by atoms with E-state index in [4.69, 9.17) is 9.47 Å². The number of aliphatic hydroxyl groups excluding tert-OH is 2. The van der Waals surface area contributed by atoms with Crippen molar-refractivity contribution in [2.45, 2.75) is 18.9 Å². The highest BCUT2D eigenvalue weighted by atomic mass is 16.5. The summed E-state index contributed by atoms with van der Waals surface area (Å²) < 4.78 is 10.5. The fraction of sp³-hybridized carbons (Fsp3) is 0.538. The van der Waals surface area contributed by atoms with Crippen molar-refractivity contribution in [2.75, 3.05) is 20.8 Å². The topological polar surface area (TPSA) is 58.9 Å². The third kappa shape index (κ3) is 2.23. The molecule has 0 radical (unpaired) electrons. The second-order valence-electron chi connectivity index (χ2n) is 4.41. The van der Waals surface area contributed by atoms with E-state index in [-0.39, 0.29) is 12.5 Å². The van der Waals surface area contributed by atoms with E-state index in [1.54, 1.807) is 20.3 Å². The number of methoxy groups -OCH3 is 2. The van der Waals surface area contributed by atoms with Crippen LogP contribution in [0.15, 0.2) is 12.1 Å². The summed E-state index contributed by atoms with van der Waals surface area (Å²) in [5.41, 5.74) is 1.83. The largest absolute Gasteiger partial charge is 0.497 e. The zero-order valence-corrected chi connectivity index (χ0v) is 10.1. The molecule has 0 spiro atoms. The summed E-state index contributed by atoms with van der Waals surface area (Å²) >= 11 is 0. The maximum absolute atomic E-state index is 10.1.